The summed E-state index contributed by atoms with van der Waals surface area (Å²) in [5.41, 5.74) is 1.32. The lowest BCUT2D eigenvalue weighted by Gasteiger charge is -2.07. The van der Waals surface area contributed by atoms with Crippen LogP contribution in [0.4, 0.5) is 11.6 Å². The number of anilines is 2. The number of hydrogen-bond acceptors (Lipinski definition) is 4. The van der Waals surface area contributed by atoms with Crippen LogP contribution >= 0.6 is 15.9 Å². The molecule has 0 aliphatic carbocycles. The Morgan fingerprint density at radius 2 is 2.00 bits per heavy atom. The highest BCUT2D eigenvalue weighted by Gasteiger charge is 2.08. The molecule has 2 aromatic heterocycles. The van der Waals surface area contributed by atoms with Crippen LogP contribution in [-0.2, 0) is 0 Å². The van der Waals surface area contributed by atoms with E-state index < -0.39 is 0 Å². The summed E-state index contributed by atoms with van der Waals surface area (Å²) < 4.78 is 0.911. The van der Waals surface area contributed by atoms with Crippen LogP contribution in [0.1, 0.15) is 29.4 Å². The second kappa shape index (κ2) is 7.17. The lowest BCUT2D eigenvalue weighted by Crippen LogP contribution is -2.14. The Morgan fingerprint density at radius 1 is 1.24 bits per heavy atom. The van der Waals surface area contributed by atoms with Crippen LogP contribution < -0.4 is 10.6 Å². The number of aryl methyl sites for hydroxylation is 1. The standard InChI is InChI=1S/C15H17BrN4O/c1-3-8-17-13-6-4-11(9-18-13)15(21)20-14-7-5-12(16)10(2)19-14/h4-7,9H,3,8H2,1-2H3,(H,17,18)(H,19,20,21). The fourth-order valence-corrected chi connectivity index (χ4v) is 1.91. The summed E-state index contributed by atoms with van der Waals surface area (Å²) >= 11 is 3.38. The maximum atomic E-state index is 12.1. The average molecular weight is 349 g/mol. The van der Waals surface area contributed by atoms with Gasteiger partial charge in [0.2, 0.25) is 0 Å². The minimum absolute atomic E-state index is 0.223. The maximum Gasteiger partial charge on any atom is 0.258 e. The van der Waals surface area contributed by atoms with Gasteiger partial charge in [0.25, 0.3) is 5.91 Å². The molecule has 2 N–H and O–H groups in total. The smallest absolute Gasteiger partial charge is 0.258 e. The molecule has 2 heterocycles. The van der Waals surface area contributed by atoms with Crippen molar-refractivity contribution in [3.8, 4) is 0 Å². The molecule has 1 amide bonds. The van der Waals surface area contributed by atoms with Gasteiger partial charge in [-0.2, -0.15) is 0 Å². The Kier molecular flexibility index (Phi) is 5.27. The molecular formula is C15H17BrN4O. The Labute approximate surface area is 132 Å². The topological polar surface area (TPSA) is 66.9 Å². The molecule has 21 heavy (non-hydrogen) atoms. The minimum Gasteiger partial charge on any atom is -0.370 e. The van der Waals surface area contributed by atoms with E-state index in [1.54, 1.807) is 24.4 Å². The van der Waals surface area contributed by atoms with E-state index in [9.17, 15) is 4.79 Å². The zero-order chi connectivity index (χ0) is 15.2. The minimum atomic E-state index is -0.223. The predicted molar refractivity (Wildman–Crippen MR) is 87.6 cm³/mol. The van der Waals surface area contributed by atoms with Gasteiger partial charge in [0.1, 0.15) is 11.6 Å². The van der Waals surface area contributed by atoms with E-state index in [0.29, 0.717) is 11.4 Å². The van der Waals surface area contributed by atoms with Gasteiger partial charge < -0.3 is 10.6 Å². The predicted octanol–water partition coefficient (Wildman–Crippen LogP) is 3.62. The zero-order valence-electron chi connectivity index (χ0n) is 12.0. The van der Waals surface area contributed by atoms with Crippen LogP contribution in [0, 0.1) is 6.92 Å². The summed E-state index contributed by atoms with van der Waals surface area (Å²) in [6, 6.07) is 7.14. The third-order valence-corrected chi connectivity index (χ3v) is 3.68. The first-order valence-electron chi connectivity index (χ1n) is 6.74. The van der Waals surface area contributed by atoms with Crippen LogP contribution in [0.25, 0.3) is 0 Å². The van der Waals surface area contributed by atoms with Gasteiger partial charge in [0.15, 0.2) is 0 Å². The highest BCUT2D eigenvalue weighted by atomic mass is 79.9. The van der Waals surface area contributed by atoms with Crippen LogP contribution in [0.15, 0.2) is 34.9 Å². The normalized spacial score (nSPS) is 10.2. The van der Waals surface area contributed by atoms with E-state index in [2.05, 4.69) is 43.5 Å². The molecule has 0 aliphatic rings. The number of rotatable bonds is 5. The van der Waals surface area contributed by atoms with Gasteiger partial charge in [-0.15, -0.1) is 0 Å². The maximum absolute atomic E-state index is 12.1. The molecule has 110 valence electrons. The molecule has 6 heteroatoms. The van der Waals surface area contributed by atoms with Gasteiger partial charge in [-0.25, -0.2) is 9.97 Å². The van der Waals surface area contributed by atoms with Crippen molar-refractivity contribution in [1.82, 2.24) is 9.97 Å². The number of carbonyl (C=O) groups excluding carboxylic acids is 1. The number of halogens is 1. The van der Waals surface area contributed by atoms with Crippen molar-refractivity contribution in [3.63, 3.8) is 0 Å². The zero-order valence-corrected chi connectivity index (χ0v) is 13.6. The van der Waals surface area contributed by atoms with Gasteiger partial charge >= 0.3 is 0 Å². The molecule has 0 bridgehead atoms. The van der Waals surface area contributed by atoms with Crippen molar-refractivity contribution >= 4 is 33.5 Å². The molecule has 0 saturated carbocycles. The Bertz CT molecular complexity index is 628. The van der Waals surface area contributed by atoms with Crippen molar-refractivity contribution in [3.05, 3.63) is 46.2 Å². The number of pyridine rings is 2. The molecule has 0 atom stereocenters. The SMILES string of the molecule is CCCNc1ccc(C(=O)Nc2ccc(Br)c(C)n2)cn1. The Morgan fingerprint density at radius 3 is 2.62 bits per heavy atom. The number of carbonyl (C=O) groups is 1. The average Bonchev–Trinajstić information content (AvgIpc) is 2.49. The number of nitrogens with one attached hydrogen (secondary N) is 2. The van der Waals surface area contributed by atoms with Crippen LogP contribution in [0.3, 0.4) is 0 Å². The van der Waals surface area contributed by atoms with E-state index in [-0.39, 0.29) is 5.91 Å². The third-order valence-electron chi connectivity index (χ3n) is 2.84. The summed E-state index contributed by atoms with van der Waals surface area (Å²) in [5, 5.41) is 5.92. The third kappa shape index (κ3) is 4.26. The summed E-state index contributed by atoms with van der Waals surface area (Å²) in [4.78, 5) is 20.6. The van der Waals surface area contributed by atoms with Crippen molar-refractivity contribution in [2.24, 2.45) is 0 Å². The molecule has 0 aromatic carbocycles. The van der Waals surface area contributed by atoms with Gasteiger partial charge in [-0.1, -0.05) is 6.92 Å². The Hall–Kier alpha value is -1.95. The fraction of sp³-hybridized carbons (Fsp3) is 0.267. The van der Waals surface area contributed by atoms with E-state index in [0.717, 1.165) is 29.0 Å². The van der Waals surface area contributed by atoms with Crippen molar-refractivity contribution in [2.45, 2.75) is 20.3 Å². The molecule has 0 saturated heterocycles. The summed E-state index contributed by atoms with van der Waals surface area (Å²) in [5.74, 6) is 1.07. The first-order chi connectivity index (χ1) is 10.1. The highest BCUT2D eigenvalue weighted by molar-refractivity contribution is 9.10. The molecule has 0 fully saturated rings. The van der Waals surface area contributed by atoms with Crippen LogP contribution in [0.5, 0.6) is 0 Å². The number of amides is 1. The largest absolute Gasteiger partial charge is 0.370 e. The molecule has 2 aromatic rings. The Balaban J connectivity index is 2.04. The first-order valence-corrected chi connectivity index (χ1v) is 7.54. The van der Waals surface area contributed by atoms with E-state index in [4.69, 9.17) is 0 Å². The molecule has 0 aliphatic heterocycles. The van der Waals surface area contributed by atoms with Gasteiger partial charge in [0, 0.05) is 17.2 Å². The van der Waals surface area contributed by atoms with Crippen LogP contribution in [0.2, 0.25) is 0 Å². The molecule has 0 unspecified atom stereocenters. The lowest BCUT2D eigenvalue weighted by molar-refractivity contribution is 0.102. The molecule has 0 spiro atoms. The second-order valence-corrected chi connectivity index (χ2v) is 5.43. The van der Waals surface area contributed by atoms with Crippen molar-refractivity contribution in [2.75, 3.05) is 17.2 Å². The quantitative estimate of drug-likeness (QED) is 0.865. The van der Waals surface area contributed by atoms with Gasteiger partial charge in [0.05, 0.1) is 11.3 Å². The van der Waals surface area contributed by atoms with Crippen LogP contribution in [-0.4, -0.2) is 22.4 Å². The molecule has 2 rings (SSSR count). The number of hydrogen-bond donors (Lipinski definition) is 2. The number of nitrogens with zero attached hydrogens (tertiary/aromatic N) is 2. The highest BCUT2D eigenvalue weighted by Crippen LogP contribution is 2.16. The lowest BCUT2D eigenvalue weighted by atomic mass is 10.2. The van der Waals surface area contributed by atoms with E-state index >= 15 is 0 Å². The second-order valence-electron chi connectivity index (χ2n) is 4.58. The first kappa shape index (κ1) is 15.4. The molecule has 5 nitrogen and oxygen atoms in total. The summed E-state index contributed by atoms with van der Waals surface area (Å²) in [6.45, 7) is 4.82. The van der Waals surface area contributed by atoms with Gasteiger partial charge in [-0.05, 0) is 53.5 Å². The summed E-state index contributed by atoms with van der Waals surface area (Å²) in [6.07, 6.45) is 2.58. The fourth-order valence-electron chi connectivity index (χ4n) is 1.69. The number of aromatic nitrogens is 2. The van der Waals surface area contributed by atoms with E-state index in [1.165, 1.54) is 0 Å². The summed E-state index contributed by atoms with van der Waals surface area (Å²) in [7, 11) is 0. The van der Waals surface area contributed by atoms with Crippen molar-refractivity contribution < 1.29 is 4.79 Å². The van der Waals surface area contributed by atoms with E-state index in [1.807, 2.05) is 13.0 Å². The van der Waals surface area contributed by atoms with Crippen molar-refractivity contribution in [1.29, 1.82) is 0 Å². The van der Waals surface area contributed by atoms with Gasteiger partial charge in [-0.3, -0.25) is 4.79 Å². The molecule has 0 radical (unpaired) electrons. The molecular weight excluding hydrogens is 332 g/mol. The monoisotopic (exact) mass is 348 g/mol.